The maximum absolute atomic E-state index is 12.8. The van der Waals surface area contributed by atoms with Gasteiger partial charge in [0, 0.05) is 12.2 Å². The lowest BCUT2D eigenvalue weighted by molar-refractivity contribution is 0.574. The number of fused-ring (bicyclic) bond motifs is 2. The Kier molecular flexibility index (Phi) is 4.02. The van der Waals surface area contributed by atoms with Crippen molar-refractivity contribution in [3.8, 4) is 0 Å². The maximum Gasteiger partial charge on any atom is 0.240 e. The molecule has 0 spiro atoms. The number of imidazole rings is 1. The summed E-state index contributed by atoms with van der Waals surface area (Å²) in [6.07, 6.45) is 8.25. The minimum Gasteiger partial charge on any atom is -0.308 e. The Morgan fingerprint density at radius 3 is 2.74 bits per heavy atom. The molecule has 3 aromatic rings. The highest BCUT2D eigenvalue weighted by Crippen LogP contribution is 2.38. The Morgan fingerprint density at radius 2 is 1.93 bits per heavy atom. The van der Waals surface area contributed by atoms with Crippen molar-refractivity contribution in [3.05, 3.63) is 53.5 Å². The average molecular weight is 382 g/mol. The van der Waals surface area contributed by atoms with Crippen molar-refractivity contribution in [1.82, 2.24) is 19.3 Å². The molecular formula is C20H22N4O2S. The third-order valence-corrected chi connectivity index (χ3v) is 6.88. The Hall–Kier alpha value is -2.25. The van der Waals surface area contributed by atoms with E-state index in [1.807, 2.05) is 24.3 Å². The normalized spacial score (nSPS) is 17.2. The van der Waals surface area contributed by atoms with Crippen LogP contribution in [0.2, 0.25) is 0 Å². The smallest absolute Gasteiger partial charge is 0.240 e. The fourth-order valence-electron chi connectivity index (χ4n) is 3.94. The Labute approximate surface area is 158 Å². The lowest BCUT2D eigenvalue weighted by atomic mass is 9.92. The monoisotopic (exact) mass is 382 g/mol. The molecule has 0 saturated heterocycles. The summed E-state index contributed by atoms with van der Waals surface area (Å²) in [4.78, 5) is 9.39. The summed E-state index contributed by atoms with van der Waals surface area (Å²) < 4.78 is 30.5. The van der Waals surface area contributed by atoms with E-state index in [9.17, 15) is 8.42 Å². The van der Waals surface area contributed by atoms with Gasteiger partial charge in [0.1, 0.15) is 11.3 Å². The van der Waals surface area contributed by atoms with Crippen molar-refractivity contribution in [3.63, 3.8) is 0 Å². The van der Waals surface area contributed by atoms with Gasteiger partial charge in [0.2, 0.25) is 10.0 Å². The first-order valence-corrected chi connectivity index (χ1v) is 11.0. The van der Waals surface area contributed by atoms with Gasteiger partial charge in [0.25, 0.3) is 0 Å². The number of nitrogens with one attached hydrogen (secondary N) is 1. The van der Waals surface area contributed by atoms with Gasteiger partial charge in [-0.15, -0.1) is 0 Å². The van der Waals surface area contributed by atoms with Crippen LogP contribution in [0.25, 0.3) is 11.2 Å². The number of aryl methyl sites for hydroxylation is 2. The molecule has 1 fully saturated rings. The van der Waals surface area contributed by atoms with Crippen LogP contribution in [-0.4, -0.2) is 23.0 Å². The molecule has 140 valence electrons. The molecule has 0 atom stereocenters. The molecule has 1 aromatic carbocycles. The SMILES string of the molecule is O=S(=O)(NCc1nc2cccnc2n1C1CC1)c1ccc2c(c1)CCCC2. The minimum absolute atomic E-state index is 0.173. The van der Waals surface area contributed by atoms with E-state index in [0.717, 1.165) is 49.1 Å². The van der Waals surface area contributed by atoms with Crippen LogP contribution in [0.15, 0.2) is 41.4 Å². The van der Waals surface area contributed by atoms with E-state index in [1.165, 1.54) is 17.5 Å². The zero-order chi connectivity index (χ0) is 18.4. The van der Waals surface area contributed by atoms with E-state index in [0.29, 0.717) is 10.9 Å². The number of aromatic nitrogens is 3. The topological polar surface area (TPSA) is 76.9 Å². The zero-order valence-electron chi connectivity index (χ0n) is 15.1. The van der Waals surface area contributed by atoms with Gasteiger partial charge in [0.15, 0.2) is 5.65 Å². The largest absolute Gasteiger partial charge is 0.308 e. The maximum atomic E-state index is 12.8. The molecule has 2 aliphatic carbocycles. The van der Waals surface area contributed by atoms with Crippen molar-refractivity contribution in [2.24, 2.45) is 0 Å². The van der Waals surface area contributed by atoms with Gasteiger partial charge in [-0.3, -0.25) is 0 Å². The predicted molar refractivity (Wildman–Crippen MR) is 103 cm³/mol. The van der Waals surface area contributed by atoms with Crippen molar-refractivity contribution in [2.75, 3.05) is 0 Å². The van der Waals surface area contributed by atoms with E-state index in [1.54, 1.807) is 12.3 Å². The Bertz CT molecular complexity index is 1120. The molecule has 1 N–H and O–H groups in total. The lowest BCUT2D eigenvalue weighted by Crippen LogP contribution is -2.25. The third kappa shape index (κ3) is 3.15. The minimum atomic E-state index is -3.58. The van der Waals surface area contributed by atoms with Gasteiger partial charge in [-0.25, -0.2) is 23.1 Å². The molecule has 0 radical (unpaired) electrons. The van der Waals surface area contributed by atoms with Crippen LogP contribution in [0.1, 0.15) is 48.7 Å². The molecule has 0 unspecified atom stereocenters. The van der Waals surface area contributed by atoms with Crippen LogP contribution in [0, 0.1) is 0 Å². The summed E-state index contributed by atoms with van der Waals surface area (Å²) >= 11 is 0. The number of hydrogen-bond acceptors (Lipinski definition) is 4. The van der Waals surface area contributed by atoms with E-state index in [2.05, 4.69) is 19.3 Å². The highest BCUT2D eigenvalue weighted by atomic mass is 32.2. The molecular weight excluding hydrogens is 360 g/mol. The lowest BCUT2D eigenvalue weighted by Gasteiger charge is -2.17. The Morgan fingerprint density at radius 1 is 1.11 bits per heavy atom. The molecule has 0 bridgehead atoms. The third-order valence-electron chi connectivity index (χ3n) is 5.48. The first-order chi connectivity index (χ1) is 13.1. The van der Waals surface area contributed by atoms with Crippen molar-refractivity contribution in [1.29, 1.82) is 0 Å². The summed E-state index contributed by atoms with van der Waals surface area (Å²) in [5.41, 5.74) is 4.09. The molecule has 2 aliphatic rings. The highest BCUT2D eigenvalue weighted by Gasteiger charge is 2.29. The molecule has 27 heavy (non-hydrogen) atoms. The first-order valence-electron chi connectivity index (χ1n) is 9.55. The van der Waals surface area contributed by atoms with Crippen LogP contribution >= 0.6 is 0 Å². The van der Waals surface area contributed by atoms with Gasteiger partial charge in [-0.05, 0) is 73.9 Å². The zero-order valence-corrected chi connectivity index (χ0v) is 15.9. The van der Waals surface area contributed by atoms with Gasteiger partial charge in [-0.2, -0.15) is 0 Å². The second-order valence-electron chi connectivity index (χ2n) is 7.44. The Balaban J connectivity index is 1.42. The van der Waals surface area contributed by atoms with Gasteiger partial charge in [-0.1, -0.05) is 6.07 Å². The van der Waals surface area contributed by atoms with Crippen molar-refractivity contribution >= 4 is 21.2 Å². The molecule has 0 amide bonds. The fourth-order valence-corrected chi connectivity index (χ4v) is 4.97. The number of sulfonamides is 1. The van der Waals surface area contributed by atoms with Crippen molar-refractivity contribution in [2.45, 2.75) is 56.0 Å². The highest BCUT2D eigenvalue weighted by molar-refractivity contribution is 7.89. The van der Waals surface area contributed by atoms with E-state index >= 15 is 0 Å². The van der Waals surface area contributed by atoms with E-state index in [4.69, 9.17) is 0 Å². The fraction of sp³-hybridized carbons (Fsp3) is 0.400. The van der Waals surface area contributed by atoms with E-state index in [-0.39, 0.29) is 6.54 Å². The van der Waals surface area contributed by atoms with Crippen molar-refractivity contribution < 1.29 is 8.42 Å². The molecule has 5 rings (SSSR count). The summed E-state index contributed by atoms with van der Waals surface area (Å²) in [5.74, 6) is 0.729. The van der Waals surface area contributed by atoms with Crippen LogP contribution in [-0.2, 0) is 29.4 Å². The molecule has 0 aliphatic heterocycles. The molecule has 6 nitrogen and oxygen atoms in total. The first kappa shape index (κ1) is 16.9. The number of pyridine rings is 1. The standard InChI is InChI=1S/C20H22N4O2S/c25-27(26,17-10-7-14-4-1-2-5-15(14)12-17)22-13-19-23-18-6-3-11-21-20(18)24(19)16-8-9-16/h3,6-7,10-12,16,22H,1-2,4-5,8-9,13H2. The summed E-state index contributed by atoms with van der Waals surface area (Å²) in [5, 5.41) is 0. The summed E-state index contributed by atoms with van der Waals surface area (Å²) in [7, 11) is -3.58. The molecule has 1 saturated carbocycles. The molecule has 2 aromatic heterocycles. The number of hydrogen-bond donors (Lipinski definition) is 1. The average Bonchev–Trinajstić information content (AvgIpc) is 3.46. The van der Waals surface area contributed by atoms with Gasteiger partial charge >= 0.3 is 0 Å². The van der Waals surface area contributed by atoms with Gasteiger partial charge in [0.05, 0.1) is 11.4 Å². The quantitative estimate of drug-likeness (QED) is 0.735. The number of rotatable bonds is 5. The summed E-state index contributed by atoms with van der Waals surface area (Å²) in [6, 6.07) is 9.68. The van der Waals surface area contributed by atoms with Crippen LogP contribution < -0.4 is 4.72 Å². The second-order valence-corrected chi connectivity index (χ2v) is 9.20. The summed E-state index contributed by atoms with van der Waals surface area (Å²) in [6.45, 7) is 0.173. The predicted octanol–water partition coefficient (Wildman–Crippen LogP) is 3.12. The van der Waals surface area contributed by atoms with Crippen LogP contribution in [0.3, 0.4) is 0 Å². The van der Waals surface area contributed by atoms with Gasteiger partial charge < -0.3 is 4.57 Å². The van der Waals surface area contributed by atoms with Crippen LogP contribution in [0.5, 0.6) is 0 Å². The number of benzene rings is 1. The molecule has 7 heteroatoms. The van der Waals surface area contributed by atoms with Crippen LogP contribution in [0.4, 0.5) is 0 Å². The van der Waals surface area contributed by atoms with E-state index < -0.39 is 10.0 Å². The molecule has 2 heterocycles. The second kappa shape index (κ2) is 6.42. The number of nitrogens with zero attached hydrogens (tertiary/aromatic N) is 3.